The number of hydrogen-bond acceptors (Lipinski definition) is 4. The SMILES string of the molecule is Cc1ccc(S(N)(=O)=O)cc1NC(=O)c1ccc(=O)[nH]c1. The van der Waals surface area contributed by atoms with E-state index in [1.54, 1.807) is 13.0 Å². The molecule has 4 N–H and O–H groups in total. The van der Waals surface area contributed by atoms with Crippen LogP contribution in [0.4, 0.5) is 5.69 Å². The van der Waals surface area contributed by atoms with Crippen molar-refractivity contribution in [1.82, 2.24) is 4.98 Å². The second-order valence-electron chi connectivity index (χ2n) is 4.42. The van der Waals surface area contributed by atoms with Crippen LogP contribution in [0.15, 0.2) is 46.2 Å². The molecule has 0 aliphatic carbocycles. The van der Waals surface area contributed by atoms with Crippen LogP contribution in [0, 0.1) is 6.92 Å². The lowest BCUT2D eigenvalue weighted by atomic mass is 10.2. The normalized spacial score (nSPS) is 11.1. The van der Waals surface area contributed by atoms with E-state index in [0.29, 0.717) is 11.3 Å². The third-order valence-corrected chi connectivity index (χ3v) is 3.74. The Morgan fingerprint density at radius 3 is 2.52 bits per heavy atom. The topological polar surface area (TPSA) is 122 Å². The molecule has 110 valence electrons. The van der Waals surface area contributed by atoms with Crippen molar-refractivity contribution in [3.8, 4) is 0 Å². The van der Waals surface area contributed by atoms with Gasteiger partial charge >= 0.3 is 0 Å². The molecule has 0 atom stereocenters. The maximum absolute atomic E-state index is 12.0. The summed E-state index contributed by atoms with van der Waals surface area (Å²) in [5, 5.41) is 7.63. The second kappa shape index (κ2) is 5.51. The van der Waals surface area contributed by atoms with E-state index in [-0.39, 0.29) is 16.0 Å². The summed E-state index contributed by atoms with van der Waals surface area (Å²) in [5.41, 5.74) is 0.937. The molecule has 21 heavy (non-hydrogen) atoms. The van der Waals surface area contributed by atoms with Crippen molar-refractivity contribution in [1.29, 1.82) is 0 Å². The highest BCUT2D eigenvalue weighted by Gasteiger charge is 2.12. The van der Waals surface area contributed by atoms with Crippen LogP contribution < -0.4 is 16.0 Å². The Hall–Kier alpha value is -2.45. The first-order chi connectivity index (χ1) is 9.77. The van der Waals surface area contributed by atoms with Crippen molar-refractivity contribution in [2.24, 2.45) is 5.14 Å². The summed E-state index contributed by atoms with van der Waals surface area (Å²) in [5.74, 6) is -0.471. The monoisotopic (exact) mass is 307 g/mol. The number of rotatable bonds is 3. The minimum atomic E-state index is -3.85. The third-order valence-electron chi connectivity index (χ3n) is 2.83. The van der Waals surface area contributed by atoms with Gasteiger partial charge in [-0.2, -0.15) is 0 Å². The summed E-state index contributed by atoms with van der Waals surface area (Å²) in [4.78, 5) is 25.3. The maximum atomic E-state index is 12.0. The number of amides is 1. The Bertz CT molecular complexity index is 835. The molecule has 7 nitrogen and oxygen atoms in total. The standard InChI is InChI=1S/C13H13N3O4S/c1-8-2-4-10(21(14,19)20)6-11(8)16-13(18)9-3-5-12(17)15-7-9/h2-7H,1H3,(H,15,17)(H,16,18)(H2,14,19,20). The average molecular weight is 307 g/mol. The molecule has 0 spiro atoms. The fourth-order valence-corrected chi connectivity index (χ4v) is 2.20. The number of carbonyl (C=O) groups is 1. The van der Waals surface area contributed by atoms with Gasteiger partial charge in [-0.05, 0) is 30.7 Å². The highest BCUT2D eigenvalue weighted by atomic mass is 32.2. The Morgan fingerprint density at radius 1 is 1.24 bits per heavy atom. The zero-order chi connectivity index (χ0) is 15.6. The van der Waals surface area contributed by atoms with Gasteiger partial charge in [0.2, 0.25) is 15.6 Å². The lowest BCUT2D eigenvalue weighted by Crippen LogP contribution is -2.17. The van der Waals surface area contributed by atoms with Crippen molar-refractivity contribution < 1.29 is 13.2 Å². The number of nitrogens with two attached hydrogens (primary N) is 1. The van der Waals surface area contributed by atoms with E-state index in [0.717, 1.165) is 0 Å². The number of nitrogens with one attached hydrogen (secondary N) is 2. The van der Waals surface area contributed by atoms with E-state index in [1.165, 1.54) is 30.5 Å². The number of pyridine rings is 1. The van der Waals surface area contributed by atoms with Crippen molar-refractivity contribution in [3.63, 3.8) is 0 Å². The first kappa shape index (κ1) is 14.9. The van der Waals surface area contributed by atoms with Crippen molar-refractivity contribution >= 4 is 21.6 Å². The quantitative estimate of drug-likeness (QED) is 0.767. The molecular formula is C13H13N3O4S. The molecule has 1 aromatic carbocycles. The highest BCUT2D eigenvalue weighted by molar-refractivity contribution is 7.89. The van der Waals surface area contributed by atoms with Crippen LogP contribution in [0.3, 0.4) is 0 Å². The summed E-state index contributed by atoms with van der Waals surface area (Å²) in [6, 6.07) is 6.78. The number of aryl methyl sites for hydroxylation is 1. The van der Waals surface area contributed by atoms with Gasteiger partial charge in [-0.3, -0.25) is 9.59 Å². The molecule has 1 heterocycles. The summed E-state index contributed by atoms with van der Waals surface area (Å²) in [6.45, 7) is 1.72. The van der Waals surface area contributed by atoms with Gasteiger partial charge in [0.25, 0.3) is 5.91 Å². The van der Waals surface area contributed by atoms with E-state index >= 15 is 0 Å². The first-order valence-electron chi connectivity index (χ1n) is 5.91. The predicted octanol–water partition coefficient (Wildman–Crippen LogP) is 0.583. The van der Waals surface area contributed by atoms with Crippen LogP contribution in [0.1, 0.15) is 15.9 Å². The number of carbonyl (C=O) groups excluding carboxylic acids is 1. The van der Waals surface area contributed by atoms with Gasteiger partial charge in [-0.25, -0.2) is 13.6 Å². The third kappa shape index (κ3) is 3.56. The molecular weight excluding hydrogens is 294 g/mol. The second-order valence-corrected chi connectivity index (χ2v) is 5.98. The van der Waals surface area contributed by atoms with E-state index in [1.807, 2.05) is 0 Å². The lowest BCUT2D eigenvalue weighted by molar-refractivity contribution is 0.102. The Balaban J connectivity index is 2.33. The number of sulfonamides is 1. The number of aromatic nitrogens is 1. The molecule has 0 fully saturated rings. The fraction of sp³-hybridized carbons (Fsp3) is 0.0769. The van der Waals surface area contributed by atoms with Gasteiger partial charge in [0, 0.05) is 18.0 Å². The Morgan fingerprint density at radius 2 is 1.95 bits per heavy atom. The van der Waals surface area contributed by atoms with Crippen LogP contribution in [0.2, 0.25) is 0 Å². The van der Waals surface area contributed by atoms with Crippen LogP contribution in [-0.4, -0.2) is 19.3 Å². The molecule has 8 heteroatoms. The highest BCUT2D eigenvalue weighted by Crippen LogP contribution is 2.20. The van der Waals surface area contributed by atoms with Gasteiger partial charge in [0.15, 0.2) is 0 Å². The van der Waals surface area contributed by atoms with Crippen molar-refractivity contribution in [2.75, 3.05) is 5.32 Å². The summed E-state index contributed by atoms with van der Waals surface area (Å²) in [6.07, 6.45) is 1.27. The predicted molar refractivity (Wildman–Crippen MR) is 77.6 cm³/mol. The molecule has 1 amide bonds. The number of benzene rings is 1. The molecule has 2 rings (SSSR count). The van der Waals surface area contributed by atoms with E-state index in [4.69, 9.17) is 5.14 Å². The summed E-state index contributed by atoms with van der Waals surface area (Å²) in [7, 11) is -3.85. The minimum absolute atomic E-state index is 0.0927. The zero-order valence-corrected chi connectivity index (χ0v) is 11.9. The molecule has 0 bridgehead atoms. The molecule has 0 saturated heterocycles. The van der Waals surface area contributed by atoms with E-state index in [2.05, 4.69) is 10.3 Å². The Kier molecular flexibility index (Phi) is 3.92. The molecule has 1 aromatic heterocycles. The molecule has 0 aliphatic rings. The van der Waals surface area contributed by atoms with Crippen molar-refractivity contribution in [3.05, 3.63) is 58.0 Å². The van der Waals surface area contributed by atoms with Crippen LogP contribution in [0.5, 0.6) is 0 Å². The molecule has 0 aliphatic heterocycles. The van der Waals surface area contributed by atoms with Crippen molar-refractivity contribution in [2.45, 2.75) is 11.8 Å². The van der Waals surface area contributed by atoms with Gasteiger partial charge in [0.05, 0.1) is 10.5 Å². The average Bonchev–Trinajstić information content (AvgIpc) is 2.40. The molecule has 0 radical (unpaired) electrons. The number of aromatic amines is 1. The van der Waals surface area contributed by atoms with Gasteiger partial charge in [-0.15, -0.1) is 0 Å². The fourth-order valence-electron chi connectivity index (χ4n) is 1.66. The Labute approximate surface area is 120 Å². The minimum Gasteiger partial charge on any atom is -0.328 e. The first-order valence-corrected chi connectivity index (χ1v) is 7.45. The smallest absolute Gasteiger partial charge is 0.257 e. The molecule has 2 aromatic rings. The van der Waals surface area contributed by atoms with Crippen LogP contribution in [-0.2, 0) is 10.0 Å². The largest absolute Gasteiger partial charge is 0.328 e. The zero-order valence-electron chi connectivity index (χ0n) is 11.1. The van der Waals surface area contributed by atoms with Gasteiger partial charge in [0.1, 0.15) is 0 Å². The molecule has 0 unspecified atom stereocenters. The number of primary sulfonamides is 1. The number of anilines is 1. The van der Waals surface area contributed by atoms with E-state index in [9.17, 15) is 18.0 Å². The van der Waals surface area contributed by atoms with Gasteiger partial charge in [-0.1, -0.05) is 6.07 Å². The van der Waals surface area contributed by atoms with Gasteiger partial charge < -0.3 is 10.3 Å². The number of hydrogen-bond donors (Lipinski definition) is 3. The van der Waals surface area contributed by atoms with E-state index < -0.39 is 15.9 Å². The summed E-state index contributed by atoms with van der Waals surface area (Å²) < 4.78 is 22.6. The molecule has 0 saturated carbocycles. The van der Waals surface area contributed by atoms with Crippen LogP contribution in [0.25, 0.3) is 0 Å². The lowest BCUT2D eigenvalue weighted by Gasteiger charge is -2.09. The maximum Gasteiger partial charge on any atom is 0.257 e. The number of H-pyrrole nitrogens is 1. The van der Waals surface area contributed by atoms with Crippen LogP contribution >= 0.6 is 0 Å². The summed E-state index contributed by atoms with van der Waals surface area (Å²) >= 11 is 0.